The van der Waals surface area contributed by atoms with Gasteiger partial charge in [0.2, 0.25) is 0 Å². The van der Waals surface area contributed by atoms with Crippen LogP contribution >= 0.6 is 0 Å². The molecule has 0 radical (unpaired) electrons. The first-order valence-corrected chi connectivity index (χ1v) is 4.80. The molecule has 0 saturated heterocycles. The average molecular weight is 186 g/mol. The summed E-state index contributed by atoms with van der Waals surface area (Å²) in [5.74, 6) is 0. The Kier molecular flexibility index (Phi) is 2.26. The lowest BCUT2D eigenvalue weighted by Gasteiger charge is -2.24. The van der Waals surface area contributed by atoms with Crippen molar-refractivity contribution in [1.82, 2.24) is 0 Å². The van der Waals surface area contributed by atoms with Crippen LogP contribution in [0.1, 0.15) is 12.5 Å². The Morgan fingerprint density at radius 3 is 2.64 bits per heavy atom. The molecule has 1 aromatic rings. The zero-order valence-electron chi connectivity index (χ0n) is 8.31. The van der Waals surface area contributed by atoms with Gasteiger partial charge in [0.1, 0.15) is 5.60 Å². The third kappa shape index (κ3) is 1.51. The van der Waals surface area contributed by atoms with Crippen LogP contribution in [0.5, 0.6) is 0 Å². The fourth-order valence-corrected chi connectivity index (χ4v) is 1.70. The van der Waals surface area contributed by atoms with Crippen molar-refractivity contribution in [2.45, 2.75) is 18.6 Å². The Labute approximate surface area is 84.7 Å². The molecule has 0 aliphatic carbocycles. The summed E-state index contributed by atoms with van der Waals surface area (Å²) in [6.07, 6.45) is 5.99. The summed E-state index contributed by atoms with van der Waals surface area (Å²) in [5.41, 5.74) is 0.890. The Hall–Kier alpha value is -1.34. The first-order chi connectivity index (χ1) is 6.74. The number of rotatable bonds is 2. The van der Waals surface area contributed by atoms with Crippen LogP contribution in [0.4, 0.5) is 0 Å². The summed E-state index contributed by atoms with van der Waals surface area (Å²) in [6.45, 7) is 5.80. The third-order valence-electron chi connectivity index (χ3n) is 2.56. The predicted octanol–water partition coefficient (Wildman–Crippen LogP) is 3.04. The van der Waals surface area contributed by atoms with Crippen molar-refractivity contribution in [1.29, 1.82) is 0 Å². The second kappa shape index (κ2) is 3.43. The van der Waals surface area contributed by atoms with Gasteiger partial charge in [0.15, 0.2) is 0 Å². The summed E-state index contributed by atoms with van der Waals surface area (Å²) in [6, 6.07) is 10.2. The van der Waals surface area contributed by atoms with E-state index >= 15 is 0 Å². The lowest BCUT2D eigenvalue weighted by Crippen LogP contribution is -2.21. The van der Waals surface area contributed by atoms with Crippen molar-refractivity contribution in [2.75, 3.05) is 0 Å². The summed E-state index contributed by atoms with van der Waals surface area (Å²) < 4.78 is 5.85. The lowest BCUT2D eigenvalue weighted by atomic mass is 9.97. The van der Waals surface area contributed by atoms with Crippen molar-refractivity contribution in [3.8, 4) is 0 Å². The molecule has 0 spiro atoms. The minimum Gasteiger partial charge on any atom is -0.355 e. The SMILES string of the molecule is C=CC1C=CC(C)(c2ccccc2)O1. The molecule has 1 aliphatic heterocycles. The minimum absolute atomic E-state index is 0.0419. The van der Waals surface area contributed by atoms with Gasteiger partial charge in [-0.2, -0.15) is 0 Å². The highest BCUT2D eigenvalue weighted by Crippen LogP contribution is 2.33. The molecule has 0 N–H and O–H groups in total. The number of benzene rings is 1. The van der Waals surface area contributed by atoms with E-state index in [4.69, 9.17) is 4.74 Å². The van der Waals surface area contributed by atoms with E-state index in [-0.39, 0.29) is 11.7 Å². The highest BCUT2D eigenvalue weighted by atomic mass is 16.5. The highest BCUT2D eigenvalue weighted by Gasteiger charge is 2.30. The van der Waals surface area contributed by atoms with Crippen molar-refractivity contribution >= 4 is 0 Å². The maximum atomic E-state index is 5.85. The Bertz CT molecular complexity index is 353. The molecule has 1 nitrogen and oxygen atoms in total. The van der Waals surface area contributed by atoms with Gasteiger partial charge >= 0.3 is 0 Å². The topological polar surface area (TPSA) is 9.23 Å². The van der Waals surface area contributed by atoms with Crippen LogP contribution in [0.3, 0.4) is 0 Å². The summed E-state index contributed by atoms with van der Waals surface area (Å²) in [4.78, 5) is 0. The summed E-state index contributed by atoms with van der Waals surface area (Å²) in [7, 11) is 0. The van der Waals surface area contributed by atoms with Crippen LogP contribution in [0.15, 0.2) is 55.1 Å². The number of hydrogen-bond donors (Lipinski definition) is 0. The van der Waals surface area contributed by atoms with Gasteiger partial charge in [-0.3, -0.25) is 0 Å². The molecule has 0 bridgehead atoms. The molecule has 2 unspecified atom stereocenters. The molecule has 72 valence electrons. The van der Waals surface area contributed by atoms with Gasteiger partial charge in [-0.25, -0.2) is 0 Å². The van der Waals surface area contributed by atoms with E-state index in [0.717, 1.165) is 0 Å². The van der Waals surface area contributed by atoms with Gasteiger partial charge in [-0.15, -0.1) is 6.58 Å². The standard InChI is InChI=1S/C13H14O/c1-3-12-9-10-13(2,14-12)11-7-5-4-6-8-11/h3-10,12H,1H2,2H3. The van der Waals surface area contributed by atoms with E-state index < -0.39 is 0 Å². The normalized spacial score (nSPS) is 30.5. The fourth-order valence-electron chi connectivity index (χ4n) is 1.70. The monoisotopic (exact) mass is 186 g/mol. The molecule has 2 rings (SSSR count). The van der Waals surface area contributed by atoms with Gasteiger partial charge in [0.05, 0.1) is 6.10 Å². The first kappa shape index (κ1) is 9.22. The molecule has 14 heavy (non-hydrogen) atoms. The summed E-state index contributed by atoms with van der Waals surface area (Å²) in [5, 5.41) is 0. The minimum atomic E-state index is -0.292. The van der Waals surface area contributed by atoms with Crippen molar-refractivity contribution in [3.05, 3.63) is 60.7 Å². The molecule has 0 aromatic heterocycles. The first-order valence-electron chi connectivity index (χ1n) is 4.80. The van der Waals surface area contributed by atoms with E-state index in [0.29, 0.717) is 0 Å². The molecule has 0 saturated carbocycles. The van der Waals surface area contributed by atoms with Gasteiger partial charge in [-0.05, 0) is 18.6 Å². The van der Waals surface area contributed by atoms with Gasteiger partial charge in [-0.1, -0.05) is 42.5 Å². The van der Waals surface area contributed by atoms with Crippen LogP contribution < -0.4 is 0 Å². The highest BCUT2D eigenvalue weighted by molar-refractivity contribution is 5.30. The van der Waals surface area contributed by atoms with E-state index in [9.17, 15) is 0 Å². The van der Waals surface area contributed by atoms with E-state index in [1.165, 1.54) is 5.56 Å². The Morgan fingerprint density at radius 1 is 1.36 bits per heavy atom. The zero-order chi connectivity index (χ0) is 10.0. The van der Waals surface area contributed by atoms with Crippen molar-refractivity contribution < 1.29 is 4.74 Å². The molecule has 2 atom stereocenters. The molecule has 1 aliphatic rings. The van der Waals surface area contributed by atoms with E-state index in [1.54, 1.807) is 0 Å². The Balaban J connectivity index is 2.28. The van der Waals surface area contributed by atoms with E-state index in [1.807, 2.05) is 30.4 Å². The van der Waals surface area contributed by atoms with Crippen LogP contribution in [0.25, 0.3) is 0 Å². The van der Waals surface area contributed by atoms with E-state index in [2.05, 4.69) is 31.7 Å². The van der Waals surface area contributed by atoms with Crippen LogP contribution in [0.2, 0.25) is 0 Å². The number of hydrogen-bond acceptors (Lipinski definition) is 1. The lowest BCUT2D eigenvalue weighted by molar-refractivity contribution is 0.00616. The second-order valence-electron chi connectivity index (χ2n) is 3.65. The Morgan fingerprint density at radius 2 is 2.07 bits per heavy atom. The van der Waals surface area contributed by atoms with Gasteiger partial charge < -0.3 is 4.74 Å². The maximum absolute atomic E-state index is 5.85. The third-order valence-corrected chi connectivity index (χ3v) is 2.56. The number of ether oxygens (including phenoxy) is 1. The molecule has 0 fully saturated rings. The maximum Gasteiger partial charge on any atom is 0.110 e. The van der Waals surface area contributed by atoms with Crippen LogP contribution in [-0.2, 0) is 10.3 Å². The second-order valence-corrected chi connectivity index (χ2v) is 3.65. The van der Waals surface area contributed by atoms with Crippen LogP contribution in [0, 0.1) is 0 Å². The molecule has 1 heterocycles. The largest absolute Gasteiger partial charge is 0.355 e. The van der Waals surface area contributed by atoms with Gasteiger partial charge in [0.25, 0.3) is 0 Å². The molecule has 1 aromatic carbocycles. The molecular formula is C13H14O. The molecule has 0 amide bonds. The quantitative estimate of drug-likeness (QED) is 0.645. The van der Waals surface area contributed by atoms with Crippen molar-refractivity contribution in [2.24, 2.45) is 0 Å². The summed E-state index contributed by atoms with van der Waals surface area (Å²) >= 11 is 0. The average Bonchev–Trinajstić information content (AvgIpc) is 2.63. The van der Waals surface area contributed by atoms with Crippen molar-refractivity contribution in [3.63, 3.8) is 0 Å². The molecular weight excluding hydrogens is 172 g/mol. The fraction of sp³-hybridized carbons (Fsp3) is 0.231. The van der Waals surface area contributed by atoms with Gasteiger partial charge in [0, 0.05) is 0 Å². The smallest absolute Gasteiger partial charge is 0.110 e. The molecule has 1 heteroatoms. The van der Waals surface area contributed by atoms with Crippen LogP contribution in [-0.4, -0.2) is 6.10 Å². The zero-order valence-corrected chi connectivity index (χ0v) is 8.31. The predicted molar refractivity (Wildman–Crippen MR) is 58.0 cm³/mol.